The maximum absolute atomic E-state index is 12.5. The van der Waals surface area contributed by atoms with Crippen molar-refractivity contribution >= 4 is 27.6 Å². The number of sulfonamides is 1. The van der Waals surface area contributed by atoms with Gasteiger partial charge in [-0.1, -0.05) is 11.6 Å². The predicted octanol–water partition coefficient (Wildman–Crippen LogP) is 3.65. The number of hydrogen-bond donors (Lipinski definition) is 0. The van der Waals surface area contributed by atoms with Gasteiger partial charge in [-0.15, -0.1) is 0 Å². The van der Waals surface area contributed by atoms with E-state index >= 15 is 0 Å². The largest absolute Gasteiger partial charge is 0.423 e. The molecule has 0 saturated carbocycles. The van der Waals surface area contributed by atoms with E-state index in [4.69, 9.17) is 16.3 Å². The molecule has 3 rings (SSSR count). The molecule has 0 aliphatic carbocycles. The molecule has 0 N–H and O–H groups in total. The van der Waals surface area contributed by atoms with Crippen molar-refractivity contribution in [2.24, 2.45) is 0 Å². The van der Waals surface area contributed by atoms with E-state index in [1.165, 1.54) is 28.6 Å². The van der Waals surface area contributed by atoms with Crippen LogP contribution in [0.2, 0.25) is 5.02 Å². The Bertz CT molecular complexity index is 888. The van der Waals surface area contributed by atoms with Gasteiger partial charge in [0.25, 0.3) is 0 Å². The molecule has 0 radical (unpaired) electrons. The Labute approximate surface area is 152 Å². The van der Waals surface area contributed by atoms with Crippen LogP contribution in [0.1, 0.15) is 28.8 Å². The van der Waals surface area contributed by atoms with E-state index < -0.39 is 16.0 Å². The molecule has 1 heterocycles. The minimum atomic E-state index is -3.48. The van der Waals surface area contributed by atoms with Crippen molar-refractivity contribution in [3.05, 3.63) is 58.6 Å². The first-order valence-corrected chi connectivity index (χ1v) is 9.78. The summed E-state index contributed by atoms with van der Waals surface area (Å²) in [4.78, 5) is 12.4. The Kier molecular flexibility index (Phi) is 5.13. The summed E-state index contributed by atoms with van der Waals surface area (Å²) in [7, 11) is -3.48. The normalized spacial score (nSPS) is 15.3. The number of ether oxygens (including phenoxy) is 1. The van der Waals surface area contributed by atoms with Crippen LogP contribution in [0.15, 0.2) is 47.4 Å². The van der Waals surface area contributed by atoms with Gasteiger partial charge in [0.2, 0.25) is 10.0 Å². The molecular weight excluding hydrogens is 362 g/mol. The van der Waals surface area contributed by atoms with Crippen LogP contribution in [0, 0.1) is 6.92 Å². The number of hydrogen-bond acceptors (Lipinski definition) is 4. The van der Waals surface area contributed by atoms with Crippen LogP contribution in [0.3, 0.4) is 0 Å². The van der Waals surface area contributed by atoms with Crippen molar-refractivity contribution < 1.29 is 17.9 Å². The van der Waals surface area contributed by atoms with E-state index in [-0.39, 0.29) is 10.5 Å². The summed E-state index contributed by atoms with van der Waals surface area (Å²) in [6.07, 6.45) is 1.76. The minimum absolute atomic E-state index is 0.189. The molecular formula is C18H18ClNO4S. The van der Waals surface area contributed by atoms with Crippen molar-refractivity contribution in [2.75, 3.05) is 13.1 Å². The van der Waals surface area contributed by atoms with E-state index in [0.717, 1.165) is 18.4 Å². The average molecular weight is 380 g/mol. The molecule has 1 fully saturated rings. The van der Waals surface area contributed by atoms with Gasteiger partial charge in [-0.3, -0.25) is 0 Å². The lowest BCUT2D eigenvalue weighted by molar-refractivity contribution is 0.0733. The lowest BCUT2D eigenvalue weighted by Crippen LogP contribution is -2.27. The second-order valence-corrected chi connectivity index (χ2v) is 8.31. The first kappa shape index (κ1) is 17.9. The number of carbonyl (C=O) groups is 1. The lowest BCUT2D eigenvalue weighted by atomic mass is 10.2. The molecule has 2 aromatic rings. The fourth-order valence-corrected chi connectivity index (χ4v) is 4.47. The van der Waals surface area contributed by atoms with Crippen LogP contribution < -0.4 is 4.74 Å². The van der Waals surface area contributed by atoms with Crippen LogP contribution in [-0.4, -0.2) is 31.8 Å². The summed E-state index contributed by atoms with van der Waals surface area (Å²) in [6.45, 7) is 2.88. The van der Waals surface area contributed by atoms with Gasteiger partial charge in [-0.05, 0) is 67.8 Å². The zero-order valence-corrected chi connectivity index (χ0v) is 15.3. The zero-order valence-electron chi connectivity index (χ0n) is 13.7. The summed E-state index contributed by atoms with van der Waals surface area (Å²) in [5.41, 5.74) is 1.03. The molecule has 0 amide bonds. The molecule has 25 heavy (non-hydrogen) atoms. The first-order valence-electron chi connectivity index (χ1n) is 7.96. The molecule has 0 aromatic heterocycles. The third-order valence-corrected chi connectivity index (χ3v) is 6.28. The summed E-state index contributed by atoms with van der Waals surface area (Å²) in [6, 6.07) is 10.8. The number of esters is 1. The highest BCUT2D eigenvalue weighted by molar-refractivity contribution is 7.89. The molecule has 0 unspecified atom stereocenters. The number of benzene rings is 2. The topological polar surface area (TPSA) is 63.7 Å². The van der Waals surface area contributed by atoms with Gasteiger partial charge in [-0.25, -0.2) is 13.2 Å². The van der Waals surface area contributed by atoms with E-state index in [1.54, 1.807) is 25.1 Å². The molecule has 1 aliphatic heterocycles. The summed E-state index contributed by atoms with van der Waals surface area (Å²) in [5, 5.41) is 0.564. The highest BCUT2D eigenvalue weighted by Gasteiger charge is 2.27. The summed E-state index contributed by atoms with van der Waals surface area (Å²) >= 11 is 5.88. The maximum Gasteiger partial charge on any atom is 0.343 e. The van der Waals surface area contributed by atoms with Crippen LogP contribution in [0.25, 0.3) is 0 Å². The number of rotatable bonds is 4. The standard InChI is InChI=1S/C18H18ClNO4S/c1-13-12-15(19)6-9-17(13)24-18(21)14-4-7-16(8-5-14)25(22,23)20-10-2-3-11-20/h4-9,12H,2-3,10-11H2,1H3. The molecule has 1 saturated heterocycles. The van der Waals surface area contributed by atoms with Gasteiger partial charge in [0, 0.05) is 18.1 Å². The first-order chi connectivity index (χ1) is 11.9. The molecule has 0 bridgehead atoms. The Morgan fingerprint density at radius 3 is 2.32 bits per heavy atom. The zero-order chi connectivity index (χ0) is 18.0. The third kappa shape index (κ3) is 3.86. The van der Waals surface area contributed by atoms with Crippen LogP contribution >= 0.6 is 11.6 Å². The highest BCUT2D eigenvalue weighted by Crippen LogP contribution is 2.24. The van der Waals surface area contributed by atoms with E-state index in [2.05, 4.69) is 0 Å². The Morgan fingerprint density at radius 2 is 1.72 bits per heavy atom. The molecule has 2 aromatic carbocycles. The molecule has 7 heteroatoms. The minimum Gasteiger partial charge on any atom is -0.423 e. The molecule has 5 nitrogen and oxygen atoms in total. The van der Waals surface area contributed by atoms with E-state index in [0.29, 0.717) is 23.9 Å². The van der Waals surface area contributed by atoms with Gasteiger partial charge in [0.1, 0.15) is 5.75 Å². The van der Waals surface area contributed by atoms with E-state index in [1.807, 2.05) is 0 Å². The third-order valence-electron chi connectivity index (χ3n) is 4.13. The Morgan fingerprint density at radius 1 is 1.08 bits per heavy atom. The molecule has 0 atom stereocenters. The quantitative estimate of drug-likeness (QED) is 0.600. The number of halogens is 1. The lowest BCUT2D eigenvalue weighted by Gasteiger charge is -2.15. The average Bonchev–Trinajstić information content (AvgIpc) is 3.13. The number of nitrogens with zero attached hydrogens (tertiary/aromatic N) is 1. The summed E-state index contributed by atoms with van der Waals surface area (Å²) < 4.78 is 31.8. The Balaban J connectivity index is 1.76. The maximum atomic E-state index is 12.5. The molecule has 0 spiro atoms. The van der Waals surface area contributed by atoms with Crippen molar-refractivity contribution in [3.8, 4) is 5.75 Å². The number of aryl methyl sites for hydroxylation is 1. The van der Waals surface area contributed by atoms with Gasteiger partial charge < -0.3 is 4.74 Å². The van der Waals surface area contributed by atoms with Crippen molar-refractivity contribution in [2.45, 2.75) is 24.7 Å². The second kappa shape index (κ2) is 7.15. The highest BCUT2D eigenvalue weighted by atomic mass is 35.5. The van der Waals surface area contributed by atoms with Crippen LogP contribution in [-0.2, 0) is 10.0 Å². The number of carbonyl (C=O) groups excluding carboxylic acids is 1. The van der Waals surface area contributed by atoms with Crippen molar-refractivity contribution in [3.63, 3.8) is 0 Å². The Hall–Kier alpha value is -1.89. The molecule has 132 valence electrons. The summed E-state index contributed by atoms with van der Waals surface area (Å²) in [5.74, 6) is -0.126. The SMILES string of the molecule is Cc1cc(Cl)ccc1OC(=O)c1ccc(S(=O)(=O)N2CCCC2)cc1. The smallest absolute Gasteiger partial charge is 0.343 e. The van der Waals surface area contributed by atoms with Gasteiger partial charge in [0.15, 0.2) is 0 Å². The van der Waals surface area contributed by atoms with Crippen LogP contribution in [0.4, 0.5) is 0 Å². The van der Waals surface area contributed by atoms with Gasteiger partial charge >= 0.3 is 5.97 Å². The van der Waals surface area contributed by atoms with Crippen molar-refractivity contribution in [1.29, 1.82) is 0 Å². The fraction of sp³-hybridized carbons (Fsp3) is 0.278. The molecule has 1 aliphatic rings. The predicted molar refractivity (Wildman–Crippen MR) is 95.6 cm³/mol. The monoisotopic (exact) mass is 379 g/mol. The fourth-order valence-electron chi connectivity index (χ4n) is 2.73. The second-order valence-electron chi connectivity index (χ2n) is 5.93. The van der Waals surface area contributed by atoms with Crippen molar-refractivity contribution in [1.82, 2.24) is 4.31 Å². The van der Waals surface area contributed by atoms with Gasteiger partial charge in [-0.2, -0.15) is 4.31 Å². The van der Waals surface area contributed by atoms with E-state index in [9.17, 15) is 13.2 Å². The van der Waals surface area contributed by atoms with Gasteiger partial charge in [0.05, 0.1) is 10.5 Å². The van der Waals surface area contributed by atoms with Crippen LogP contribution in [0.5, 0.6) is 5.75 Å².